The van der Waals surface area contributed by atoms with E-state index in [1.165, 1.54) is 51.9 Å². The Balaban J connectivity index is 2.21. The van der Waals surface area contributed by atoms with Gasteiger partial charge in [-0.2, -0.15) is 0 Å². The van der Waals surface area contributed by atoms with Crippen LogP contribution >= 0.6 is 0 Å². The number of aryl methyl sites for hydroxylation is 1. The largest absolute Gasteiger partial charge is 0.512 e. The normalized spacial score (nSPS) is 12.0. The van der Waals surface area contributed by atoms with Crippen molar-refractivity contribution in [2.24, 2.45) is 0 Å². The van der Waals surface area contributed by atoms with Crippen LogP contribution in [0.4, 0.5) is 0 Å². The summed E-state index contributed by atoms with van der Waals surface area (Å²) in [5, 5.41) is 9.56. The Morgan fingerprint density at radius 2 is 1.50 bits per heavy atom. The molecular formula is C23H36O3. The quantitative estimate of drug-likeness (QED) is 0.232. The van der Waals surface area contributed by atoms with Crippen LogP contribution in [0.2, 0.25) is 0 Å². The lowest BCUT2D eigenvalue weighted by Gasteiger charge is -2.08. The lowest BCUT2D eigenvalue weighted by molar-refractivity contribution is -0.113. The average molecular weight is 361 g/mol. The van der Waals surface area contributed by atoms with E-state index in [4.69, 9.17) is 4.74 Å². The van der Waals surface area contributed by atoms with Crippen molar-refractivity contribution in [3.8, 4) is 5.75 Å². The van der Waals surface area contributed by atoms with Crippen LogP contribution < -0.4 is 4.74 Å². The van der Waals surface area contributed by atoms with Crippen molar-refractivity contribution in [3.63, 3.8) is 0 Å². The molecule has 0 bridgehead atoms. The van der Waals surface area contributed by atoms with E-state index in [0.29, 0.717) is 12.0 Å². The number of allylic oxidation sites excluding steroid dienone is 2. The highest BCUT2D eigenvalue weighted by atomic mass is 16.5. The molecular weight excluding hydrogens is 324 g/mol. The molecule has 1 N–H and O–H groups in total. The Morgan fingerprint density at radius 3 is 2.04 bits per heavy atom. The average Bonchev–Trinajstić information content (AvgIpc) is 2.61. The highest BCUT2D eigenvalue weighted by Crippen LogP contribution is 2.17. The van der Waals surface area contributed by atoms with Crippen LogP contribution in [0.15, 0.2) is 35.6 Å². The number of aliphatic hydroxyl groups is 1. The maximum absolute atomic E-state index is 11.5. The number of hydrogen-bond donors (Lipinski definition) is 1. The van der Waals surface area contributed by atoms with E-state index >= 15 is 0 Å². The summed E-state index contributed by atoms with van der Waals surface area (Å²) in [7, 11) is 0. The van der Waals surface area contributed by atoms with Gasteiger partial charge in [0.15, 0.2) is 5.78 Å². The monoisotopic (exact) mass is 360 g/mol. The lowest BCUT2D eigenvalue weighted by Crippen LogP contribution is -2.02. The fourth-order valence-electron chi connectivity index (χ4n) is 3.06. The van der Waals surface area contributed by atoms with Gasteiger partial charge in [0.25, 0.3) is 0 Å². The summed E-state index contributed by atoms with van der Waals surface area (Å²) >= 11 is 0. The first-order valence-electron chi connectivity index (χ1n) is 10.2. The molecule has 0 aromatic heterocycles. The second-order valence-corrected chi connectivity index (χ2v) is 7.09. The van der Waals surface area contributed by atoms with Gasteiger partial charge < -0.3 is 9.84 Å². The highest BCUT2D eigenvalue weighted by molar-refractivity contribution is 5.93. The minimum Gasteiger partial charge on any atom is -0.512 e. The SMILES string of the molecule is CCCCCCCCCCOc1ccc(CC/C(C(C)=O)=C(\C)O)cc1. The standard InChI is InChI=1S/C23H36O3/c1-4-5-6-7-8-9-10-11-18-26-22-15-12-21(13-16-22)14-17-23(19(2)24)20(3)25/h12-13,15-16,24H,4-11,14,17-18H2,1-3H3/b23-19-. The van der Waals surface area contributed by atoms with Gasteiger partial charge in [0.2, 0.25) is 0 Å². The predicted molar refractivity (Wildman–Crippen MR) is 109 cm³/mol. The van der Waals surface area contributed by atoms with Crippen molar-refractivity contribution in [1.82, 2.24) is 0 Å². The number of Topliss-reactive ketones (excluding diaryl/α,β-unsaturated/α-hetero) is 1. The molecule has 0 radical (unpaired) electrons. The van der Waals surface area contributed by atoms with Crippen LogP contribution in [0.5, 0.6) is 5.75 Å². The van der Waals surface area contributed by atoms with E-state index in [0.717, 1.165) is 30.8 Å². The minimum atomic E-state index is -0.0599. The zero-order chi connectivity index (χ0) is 19.2. The zero-order valence-corrected chi connectivity index (χ0v) is 16.9. The summed E-state index contributed by atoms with van der Waals surface area (Å²) in [5.41, 5.74) is 1.66. The second kappa shape index (κ2) is 13.4. The molecule has 0 unspecified atom stereocenters. The van der Waals surface area contributed by atoms with E-state index in [1.54, 1.807) is 6.92 Å². The third-order valence-corrected chi connectivity index (χ3v) is 4.72. The highest BCUT2D eigenvalue weighted by Gasteiger charge is 2.08. The molecule has 0 aliphatic rings. The number of aliphatic hydroxyl groups excluding tert-OH is 1. The van der Waals surface area contributed by atoms with Crippen molar-refractivity contribution < 1.29 is 14.6 Å². The van der Waals surface area contributed by atoms with Crippen LogP contribution in [0, 0.1) is 0 Å². The van der Waals surface area contributed by atoms with Crippen molar-refractivity contribution in [1.29, 1.82) is 0 Å². The third kappa shape index (κ3) is 9.65. The number of hydrogen-bond acceptors (Lipinski definition) is 3. The zero-order valence-electron chi connectivity index (χ0n) is 16.9. The third-order valence-electron chi connectivity index (χ3n) is 4.72. The number of rotatable bonds is 14. The first kappa shape index (κ1) is 22.3. The van der Waals surface area contributed by atoms with Gasteiger partial charge in [0, 0.05) is 5.57 Å². The molecule has 0 fully saturated rings. The van der Waals surface area contributed by atoms with E-state index in [1.807, 2.05) is 24.3 Å². The number of ether oxygens (including phenoxy) is 1. The molecule has 3 heteroatoms. The molecule has 0 spiro atoms. The lowest BCUT2D eigenvalue weighted by atomic mass is 10.0. The Bertz CT molecular complexity index is 539. The molecule has 0 heterocycles. The summed E-state index contributed by atoms with van der Waals surface area (Å²) in [4.78, 5) is 11.5. The molecule has 0 amide bonds. The first-order valence-corrected chi connectivity index (χ1v) is 10.2. The van der Waals surface area contributed by atoms with Crippen LogP contribution in [-0.2, 0) is 11.2 Å². The predicted octanol–water partition coefficient (Wildman–Crippen LogP) is 6.56. The fourth-order valence-corrected chi connectivity index (χ4v) is 3.06. The fraction of sp³-hybridized carbons (Fsp3) is 0.609. The van der Waals surface area contributed by atoms with Crippen LogP contribution in [0.25, 0.3) is 0 Å². The maximum Gasteiger partial charge on any atom is 0.159 e. The molecule has 0 aliphatic carbocycles. The first-order chi connectivity index (χ1) is 12.5. The number of benzene rings is 1. The number of unbranched alkanes of at least 4 members (excludes halogenated alkanes) is 7. The summed E-state index contributed by atoms with van der Waals surface area (Å²) in [6.45, 7) is 6.09. The second-order valence-electron chi connectivity index (χ2n) is 7.09. The van der Waals surface area contributed by atoms with Gasteiger partial charge >= 0.3 is 0 Å². The molecule has 0 saturated carbocycles. The van der Waals surface area contributed by atoms with E-state index in [-0.39, 0.29) is 11.5 Å². The Kier molecular flexibility index (Phi) is 11.5. The van der Waals surface area contributed by atoms with E-state index in [9.17, 15) is 9.90 Å². The molecule has 26 heavy (non-hydrogen) atoms. The van der Waals surface area contributed by atoms with Crippen molar-refractivity contribution in [3.05, 3.63) is 41.2 Å². The molecule has 1 rings (SSSR count). The summed E-state index contributed by atoms with van der Waals surface area (Å²) in [5.74, 6) is 0.968. The van der Waals surface area contributed by atoms with Gasteiger partial charge in [-0.3, -0.25) is 4.79 Å². The van der Waals surface area contributed by atoms with Gasteiger partial charge in [-0.05, 0) is 50.8 Å². The van der Waals surface area contributed by atoms with Gasteiger partial charge in [0.05, 0.1) is 12.4 Å². The van der Waals surface area contributed by atoms with E-state index < -0.39 is 0 Å². The molecule has 3 nitrogen and oxygen atoms in total. The number of carbonyl (C=O) groups excluding carboxylic acids is 1. The Labute approximate surface area is 159 Å². The van der Waals surface area contributed by atoms with Crippen molar-refractivity contribution in [2.45, 2.75) is 85.0 Å². The molecule has 1 aromatic carbocycles. The van der Waals surface area contributed by atoms with Crippen LogP contribution in [0.1, 0.15) is 84.1 Å². The number of ketones is 1. The molecule has 0 atom stereocenters. The molecule has 0 aliphatic heterocycles. The molecule has 146 valence electrons. The van der Waals surface area contributed by atoms with Crippen molar-refractivity contribution in [2.75, 3.05) is 6.61 Å². The molecule has 0 saturated heterocycles. The van der Waals surface area contributed by atoms with Gasteiger partial charge in [-0.15, -0.1) is 0 Å². The summed E-state index contributed by atoms with van der Waals surface area (Å²) < 4.78 is 5.80. The topological polar surface area (TPSA) is 46.5 Å². The smallest absolute Gasteiger partial charge is 0.159 e. The van der Waals surface area contributed by atoms with Crippen molar-refractivity contribution >= 4 is 5.78 Å². The number of carbonyl (C=O) groups is 1. The van der Waals surface area contributed by atoms with Crippen LogP contribution in [0.3, 0.4) is 0 Å². The van der Waals surface area contributed by atoms with Gasteiger partial charge in [-0.1, -0.05) is 64.0 Å². The summed E-state index contributed by atoms with van der Waals surface area (Å²) in [6.07, 6.45) is 11.7. The van der Waals surface area contributed by atoms with Gasteiger partial charge in [0.1, 0.15) is 5.75 Å². The summed E-state index contributed by atoms with van der Waals surface area (Å²) in [6, 6.07) is 8.05. The van der Waals surface area contributed by atoms with E-state index in [2.05, 4.69) is 6.92 Å². The Hall–Kier alpha value is -1.77. The van der Waals surface area contributed by atoms with Crippen LogP contribution in [-0.4, -0.2) is 17.5 Å². The minimum absolute atomic E-state index is 0.0599. The molecule has 1 aromatic rings. The Morgan fingerprint density at radius 1 is 0.923 bits per heavy atom. The van der Waals surface area contributed by atoms with Gasteiger partial charge in [-0.25, -0.2) is 0 Å². The maximum atomic E-state index is 11.5.